The predicted molar refractivity (Wildman–Crippen MR) is 109 cm³/mol. The van der Waals surface area contributed by atoms with Gasteiger partial charge in [0.15, 0.2) is 18.0 Å². The van der Waals surface area contributed by atoms with Crippen molar-refractivity contribution in [3.05, 3.63) is 48.0 Å². The Morgan fingerprint density at radius 1 is 0.966 bits per heavy atom. The van der Waals surface area contributed by atoms with E-state index in [-0.39, 0.29) is 24.5 Å². The summed E-state index contributed by atoms with van der Waals surface area (Å²) in [5.41, 5.74) is 2.69. The van der Waals surface area contributed by atoms with Gasteiger partial charge in [-0.1, -0.05) is 17.7 Å². The highest BCUT2D eigenvalue weighted by molar-refractivity contribution is 5.93. The molecule has 0 aliphatic carbocycles. The molecular weight excluding hydrogens is 370 g/mol. The van der Waals surface area contributed by atoms with Crippen LogP contribution in [-0.4, -0.2) is 38.2 Å². The minimum absolute atomic E-state index is 0.00659. The van der Waals surface area contributed by atoms with Gasteiger partial charge in [0.05, 0.1) is 13.1 Å². The average Bonchev–Trinajstić information content (AvgIpc) is 3.18. The maximum absolute atomic E-state index is 12.6. The van der Waals surface area contributed by atoms with E-state index in [2.05, 4.69) is 10.6 Å². The number of nitrogens with one attached hydrogen (secondary N) is 3. The van der Waals surface area contributed by atoms with Crippen LogP contribution in [0, 0.1) is 12.8 Å². The van der Waals surface area contributed by atoms with E-state index in [1.54, 1.807) is 12.1 Å². The van der Waals surface area contributed by atoms with Gasteiger partial charge in [0, 0.05) is 36.2 Å². The van der Waals surface area contributed by atoms with Gasteiger partial charge in [-0.3, -0.25) is 9.59 Å². The van der Waals surface area contributed by atoms with Crippen LogP contribution in [0.4, 0.5) is 11.4 Å². The molecule has 3 N–H and O–H groups in total. The van der Waals surface area contributed by atoms with Gasteiger partial charge in [-0.15, -0.1) is 0 Å². The number of rotatable bonds is 5. The van der Waals surface area contributed by atoms with Crippen LogP contribution in [0.25, 0.3) is 0 Å². The van der Waals surface area contributed by atoms with Crippen molar-refractivity contribution in [1.82, 2.24) is 0 Å². The molecule has 2 aliphatic heterocycles. The molecule has 0 unspecified atom stereocenters. The van der Waals surface area contributed by atoms with Gasteiger partial charge >= 0.3 is 0 Å². The number of aryl methyl sites for hydroxylation is 1. The van der Waals surface area contributed by atoms with Crippen LogP contribution in [0.3, 0.4) is 0 Å². The molecule has 0 bridgehead atoms. The molecule has 1 saturated heterocycles. The Bertz CT molecular complexity index is 889. The first-order valence-corrected chi connectivity index (χ1v) is 9.97. The molecule has 2 heterocycles. The summed E-state index contributed by atoms with van der Waals surface area (Å²) in [5.74, 6) is 1.34. The molecule has 2 amide bonds. The SMILES string of the molecule is Cc1ccc(NC(=O)C[NH+]2CCC(C(=O)Nc3ccc4c(c3)OCO4)CC2)cc1. The number of benzene rings is 2. The zero-order chi connectivity index (χ0) is 20.2. The Kier molecular flexibility index (Phi) is 5.67. The Labute approximate surface area is 170 Å². The fourth-order valence-corrected chi connectivity index (χ4v) is 3.75. The van der Waals surface area contributed by atoms with E-state index in [1.807, 2.05) is 37.3 Å². The zero-order valence-corrected chi connectivity index (χ0v) is 16.5. The van der Waals surface area contributed by atoms with Crippen molar-refractivity contribution in [2.24, 2.45) is 5.92 Å². The fraction of sp³-hybridized carbons (Fsp3) is 0.364. The van der Waals surface area contributed by atoms with Crippen molar-refractivity contribution in [3.8, 4) is 11.5 Å². The third-order valence-electron chi connectivity index (χ3n) is 5.45. The van der Waals surface area contributed by atoms with Crippen LogP contribution < -0.4 is 25.0 Å². The topological polar surface area (TPSA) is 81.1 Å². The molecule has 2 aliphatic rings. The first-order valence-electron chi connectivity index (χ1n) is 9.97. The summed E-state index contributed by atoms with van der Waals surface area (Å²) in [4.78, 5) is 26.1. The Balaban J connectivity index is 1.23. The number of carbonyl (C=O) groups excluding carboxylic acids is 2. The van der Waals surface area contributed by atoms with Gasteiger partial charge in [-0.05, 0) is 31.2 Å². The number of hydrogen-bond donors (Lipinski definition) is 3. The van der Waals surface area contributed by atoms with Crippen molar-refractivity contribution in [2.75, 3.05) is 37.1 Å². The second-order valence-electron chi connectivity index (χ2n) is 7.67. The van der Waals surface area contributed by atoms with Crippen molar-refractivity contribution in [1.29, 1.82) is 0 Å². The van der Waals surface area contributed by atoms with Crippen molar-refractivity contribution in [2.45, 2.75) is 19.8 Å². The van der Waals surface area contributed by atoms with Crippen LogP contribution in [-0.2, 0) is 9.59 Å². The molecule has 7 nitrogen and oxygen atoms in total. The number of quaternary nitrogens is 1. The van der Waals surface area contributed by atoms with E-state index in [9.17, 15) is 9.59 Å². The summed E-state index contributed by atoms with van der Waals surface area (Å²) in [6.07, 6.45) is 1.53. The van der Waals surface area contributed by atoms with E-state index in [0.717, 1.165) is 37.2 Å². The maximum Gasteiger partial charge on any atom is 0.279 e. The highest BCUT2D eigenvalue weighted by Crippen LogP contribution is 2.34. The summed E-state index contributed by atoms with van der Waals surface area (Å²) < 4.78 is 10.6. The molecule has 0 spiro atoms. The molecule has 0 radical (unpaired) electrons. The standard InChI is InChI=1S/C22H25N3O4/c1-15-2-4-17(5-3-15)23-21(26)13-25-10-8-16(9-11-25)22(27)24-18-6-7-19-20(12-18)29-14-28-19/h2-7,12,16H,8-11,13-14H2,1H3,(H,23,26)(H,24,27)/p+1. The molecule has 1 fully saturated rings. The number of ether oxygens (including phenoxy) is 2. The fourth-order valence-electron chi connectivity index (χ4n) is 3.75. The third kappa shape index (κ3) is 4.86. The van der Waals surface area contributed by atoms with Crippen LogP contribution >= 0.6 is 0 Å². The van der Waals surface area contributed by atoms with E-state index >= 15 is 0 Å². The molecule has 4 rings (SSSR count). The second kappa shape index (κ2) is 8.53. The normalized spacial score (nSPS) is 20.2. The molecule has 29 heavy (non-hydrogen) atoms. The molecule has 0 saturated carbocycles. The van der Waals surface area contributed by atoms with Crippen LogP contribution in [0.1, 0.15) is 18.4 Å². The van der Waals surface area contributed by atoms with Gasteiger partial charge < -0.3 is 25.0 Å². The first kappa shape index (κ1) is 19.3. The molecule has 2 aromatic carbocycles. The van der Waals surface area contributed by atoms with E-state index in [0.29, 0.717) is 23.7 Å². The minimum Gasteiger partial charge on any atom is -0.454 e. The second-order valence-corrected chi connectivity index (χ2v) is 7.67. The van der Waals surface area contributed by atoms with E-state index in [1.165, 1.54) is 4.90 Å². The van der Waals surface area contributed by atoms with Crippen molar-refractivity contribution in [3.63, 3.8) is 0 Å². The summed E-state index contributed by atoms with van der Waals surface area (Å²) in [7, 11) is 0. The Hall–Kier alpha value is -3.06. The third-order valence-corrected chi connectivity index (χ3v) is 5.45. The molecule has 152 valence electrons. The van der Waals surface area contributed by atoms with Crippen LogP contribution in [0.5, 0.6) is 11.5 Å². The lowest BCUT2D eigenvalue weighted by molar-refractivity contribution is -0.897. The Morgan fingerprint density at radius 3 is 2.41 bits per heavy atom. The molecular formula is C22H26N3O4+. The lowest BCUT2D eigenvalue weighted by atomic mass is 9.95. The summed E-state index contributed by atoms with van der Waals surface area (Å²) >= 11 is 0. The lowest BCUT2D eigenvalue weighted by Crippen LogP contribution is -3.14. The number of fused-ring (bicyclic) bond motifs is 1. The van der Waals surface area contributed by atoms with Crippen molar-refractivity contribution >= 4 is 23.2 Å². The van der Waals surface area contributed by atoms with Gasteiger partial charge in [-0.2, -0.15) is 0 Å². The summed E-state index contributed by atoms with van der Waals surface area (Å²) in [5, 5.41) is 5.91. The summed E-state index contributed by atoms with van der Waals surface area (Å²) in [6.45, 7) is 4.26. The maximum atomic E-state index is 12.6. The Morgan fingerprint density at radius 2 is 1.66 bits per heavy atom. The number of carbonyl (C=O) groups is 2. The summed E-state index contributed by atoms with van der Waals surface area (Å²) in [6, 6.07) is 13.2. The number of amides is 2. The van der Waals surface area contributed by atoms with Crippen LogP contribution in [0.15, 0.2) is 42.5 Å². The molecule has 2 aromatic rings. The number of likely N-dealkylation sites (tertiary alicyclic amines) is 1. The lowest BCUT2D eigenvalue weighted by Gasteiger charge is -2.28. The molecule has 7 heteroatoms. The number of piperidine rings is 1. The minimum atomic E-state index is -0.0377. The van der Waals surface area contributed by atoms with Crippen LogP contribution in [0.2, 0.25) is 0 Å². The quantitative estimate of drug-likeness (QED) is 0.717. The van der Waals surface area contributed by atoms with Crippen molar-refractivity contribution < 1.29 is 24.0 Å². The largest absolute Gasteiger partial charge is 0.454 e. The average molecular weight is 396 g/mol. The number of anilines is 2. The predicted octanol–water partition coefficient (Wildman–Crippen LogP) is 1.60. The van der Waals surface area contributed by atoms with Gasteiger partial charge in [0.1, 0.15) is 0 Å². The van der Waals surface area contributed by atoms with Gasteiger partial charge in [0.2, 0.25) is 12.7 Å². The first-order chi connectivity index (χ1) is 14.1. The highest BCUT2D eigenvalue weighted by Gasteiger charge is 2.29. The van der Waals surface area contributed by atoms with Gasteiger partial charge in [-0.25, -0.2) is 0 Å². The number of hydrogen-bond acceptors (Lipinski definition) is 4. The van der Waals surface area contributed by atoms with E-state index < -0.39 is 0 Å². The zero-order valence-electron chi connectivity index (χ0n) is 16.5. The molecule has 0 aromatic heterocycles. The molecule has 0 atom stereocenters. The smallest absolute Gasteiger partial charge is 0.279 e. The van der Waals surface area contributed by atoms with Gasteiger partial charge in [0.25, 0.3) is 5.91 Å². The monoisotopic (exact) mass is 396 g/mol. The highest BCUT2D eigenvalue weighted by atomic mass is 16.7. The van der Waals surface area contributed by atoms with E-state index in [4.69, 9.17) is 9.47 Å².